The number of carbonyl (C=O) groups excluding carboxylic acids is 1. The predicted molar refractivity (Wildman–Crippen MR) is 72.7 cm³/mol. The highest BCUT2D eigenvalue weighted by Gasteiger charge is 2.17. The summed E-state index contributed by atoms with van der Waals surface area (Å²) in [6, 6.07) is 7.25. The SMILES string of the molecule is CCOC(=O)CCC(c1ccc(N)cc1)n1ncnn1. The Morgan fingerprint density at radius 3 is 2.75 bits per heavy atom. The molecule has 1 atom stereocenters. The molecule has 2 rings (SSSR count). The van der Waals surface area contributed by atoms with Crippen molar-refractivity contribution in [2.24, 2.45) is 0 Å². The molecule has 0 radical (unpaired) electrons. The number of carbonyl (C=O) groups is 1. The van der Waals surface area contributed by atoms with E-state index in [1.165, 1.54) is 11.1 Å². The maximum absolute atomic E-state index is 11.5. The number of nitrogen functional groups attached to an aromatic ring is 1. The van der Waals surface area contributed by atoms with Crippen molar-refractivity contribution < 1.29 is 9.53 Å². The summed E-state index contributed by atoms with van der Waals surface area (Å²) in [5.41, 5.74) is 7.34. The number of ether oxygens (including phenoxy) is 1. The standard InChI is InChI=1S/C13H17N5O2/c1-2-20-13(19)8-7-12(18-16-9-15-17-18)10-3-5-11(14)6-4-10/h3-6,9,12H,2,7-8,14H2,1H3. The maximum atomic E-state index is 11.5. The molecular weight excluding hydrogens is 258 g/mol. The number of hydrogen-bond acceptors (Lipinski definition) is 6. The van der Waals surface area contributed by atoms with Gasteiger partial charge in [-0.05, 0) is 36.3 Å². The van der Waals surface area contributed by atoms with Gasteiger partial charge in [0.1, 0.15) is 0 Å². The zero-order valence-electron chi connectivity index (χ0n) is 11.3. The summed E-state index contributed by atoms with van der Waals surface area (Å²) < 4.78 is 4.94. The van der Waals surface area contributed by atoms with Crippen LogP contribution in [0.15, 0.2) is 30.6 Å². The average molecular weight is 275 g/mol. The van der Waals surface area contributed by atoms with Gasteiger partial charge in [-0.2, -0.15) is 4.80 Å². The molecule has 0 saturated heterocycles. The monoisotopic (exact) mass is 275 g/mol. The van der Waals surface area contributed by atoms with Gasteiger partial charge in [-0.25, -0.2) is 0 Å². The van der Waals surface area contributed by atoms with E-state index in [4.69, 9.17) is 10.5 Å². The van der Waals surface area contributed by atoms with Crippen molar-refractivity contribution in [3.05, 3.63) is 36.2 Å². The van der Waals surface area contributed by atoms with E-state index >= 15 is 0 Å². The highest BCUT2D eigenvalue weighted by Crippen LogP contribution is 2.22. The van der Waals surface area contributed by atoms with Crippen LogP contribution in [0.4, 0.5) is 5.69 Å². The van der Waals surface area contributed by atoms with Crippen molar-refractivity contribution >= 4 is 11.7 Å². The number of hydrogen-bond donors (Lipinski definition) is 1. The third kappa shape index (κ3) is 3.53. The van der Waals surface area contributed by atoms with Crippen LogP contribution >= 0.6 is 0 Å². The van der Waals surface area contributed by atoms with Crippen LogP contribution in [0.25, 0.3) is 0 Å². The number of tetrazole rings is 1. The Balaban J connectivity index is 2.13. The summed E-state index contributed by atoms with van der Waals surface area (Å²) in [6.07, 6.45) is 2.21. The number of anilines is 1. The summed E-state index contributed by atoms with van der Waals surface area (Å²) in [5.74, 6) is -0.229. The molecule has 0 aliphatic heterocycles. The minimum atomic E-state index is -0.229. The second-order valence-corrected chi connectivity index (χ2v) is 4.28. The molecule has 0 aliphatic carbocycles. The molecule has 1 heterocycles. The van der Waals surface area contributed by atoms with Gasteiger partial charge < -0.3 is 10.5 Å². The highest BCUT2D eigenvalue weighted by molar-refractivity contribution is 5.69. The van der Waals surface area contributed by atoms with Gasteiger partial charge in [-0.15, -0.1) is 10.2 Å². The second kappa shape index (κ2) is 6.65. The van der Waals surface area contributed by atoms with Crippen molar-refractivity contribution in [1.82, 2.24) is 20.2 Å². The number of nitrogens with two attached hydrogens (primary N) is 1. The smallest absolute Gasteiger partial charge is 0.305 e. The molecule has 7 nitrogen and oxygen atoms in total. The molecule has 7 heteroatoms. The van der Waals surface area contributed by atoms with E-state index < -0.39 is 0 Å². The first kappa shape index (κ1) is 14.0. The van der Waals surface area contributed by atoms with Crippen LogP contribution in [0.2, 0.25) is 0 Å². The van der Waals surface area contributed by atoms with Crippen molar-refractivity contribution in [1.29, 1.82) is 0 Å². The van der Waals surface area contributed by atoms with Gasteiger partial charge in [-0.1, -0.05) is 12.1 Å². The van der Waals surface area contributed by atoms with Crippen LogP contribution < -0.4 is 5.73 Å². The minimum Gasteiger partial charge on any atom is -0.466 e. The number of nitrogens with zero attached hydrogens (tertiary/aromatic N) is 4. The number of esters is 1. The van der Waals surface area contributed by atoms with Crippen LogP contribution in [-0.4, -0.2) is 32.8 Å². The summed E-state index contributed by atoms with van der Waals surface area (Å²) in [4.78, 5) is 13.0. The lowest BCUT2D eigenvalue weighted by Crippen LogP contribution is -2.16. The molecule has 2 N–H and O–H groups in total. The van der Waals surface area contributed by atoms with Crippen molar-refractivity contribution in [2.75, 3.05) is 12.3 Å². The highest BCUT2D eigenvalue weighted by atomic mass is 16.5. The van der Waals surface area contributed by atoms with E-state index in [1.54, 1.807) is 6.92 Å². The van der Waals surface area contributed by atoms with Gasteiger partial charge in [0.2, 0.25) is 0 Å². The Hall–Kier alpha value is -2.44. The average Bonchev–Trinajstić information content (AvgIpc) is 2.95. The topological polar surface area (TPSA) is 95.9 Å². The summed E-state index contributed by atoms with van der Waals surface area (Å²) in [6.45, 7) is 2.17. The lowest BCUT2D eigenvalue weighted by molar-refractivity contribution is -0.143. The molecular formula is C13H17N5O2. The Kier molecular flexibility index (Phi) is 4.65. The fraction of sp³-hybridized carbons (Fsp3) is 0.385. The van der Waals surface area contributed by atoms with Gasteiger partial charge in [0.15, 0.2) is 6.33 Å². The van der Waals surface area contributed by atoms with Crippen molar-refractivity contribution in [3.63, 3.8) is 0 Å². The molecule has 1 aromatic heterocycles. The van der Waals surface area contributed by atoms with Gasteiger partial charge in [-0.3, -0.25) is 4.79 Å². The van der Waals surface area contributed by atoms with Crippen LogP contribution in [-0.2, 0) is 9.53 Å². The molecule has 1 aromatic carbocycles. The third-order valence-electron chi connectivity index (χ3n) is 2.89. The molecule has 2 aromatic rings. The number of rotatable bonds is 6. The van der Waals surface area contributed by atoms with Gasteiger partial charge in [0, 0.05) is 12.1 Å². The van der Waals surface area contributed by atoms with Gasteiger partial charge >= 0.3 is 5.97 Å². The molecule has 0 fully saturated rings. The van der Waals surface area contributed by atoms with E-state index in [0.29, 0.717) is 25.1 Å². The fourth-order valence-corrected chi connectivity index (χ4v) is 1.94. The molecule has 0 spiro atoms. The lowest BCUT2D eigenvalue weighted by atomic mass is 10.0. The molecule has 106 valence electrons. The molecule has 1 unspecified atom stereocenters. The molecule has 0 saturated carbocycles. The Labute approximate surface area is 116 Å². The predicted octanol–water partition coefficient (Wildman–Crippen LogP) is 1.19. The Morgan fingerprint density at radius 2 is 2.15 bits per heavy atom. The zero-order chi connectivity index (χ0) is 14.4. The lowest BCUT2D eigenvalue weighted by Gasteiger charge is -2.15. The van der Waals surface area contributed by atoms with Crippen LogP contribution in [0.5, 0.6) is 0 Å². The van der Waals surface area contributed by atoms with E-state index in [1.807, 2.05) is 24.3 Å². The largest absolute Gasteiger partial charge is 0.466 e. The number of benzene rings is 1. The van der Waals surface area contributed by atoms with Crippen LogP contribution in [0, 0.1) is 0 Å². The quantitative estimate of drug-likeness (QED) is 0.628. The van der Waals surface area contributed by atoms with E-state index in [-0.39, 0.29) is 12.0 Å². The molecule has 0 bridgehead atoms. The normalized spacial score (nSPS) is 12.1. The molecule has 0 aliphatic rings. The molecule has 20 heavy (non-hydrogen) atoms. The first-order valence-corrected chi connectivity index (χ1v) is 6.44. The van der Waals surface area contributed by atoms with Crippen LogP contribution in [0.3, 0.4) is 0 Å². The van der Waals surface area contributed by atoms with Gasteiger partial charge in [0.25, 0.3) is 0 Å². The number of aromatic nitrogens is 4. The molecule has 0 amide bonds. The van der Waals surface area contributed by atoms with Crippen LogP contribution in [0.1, 0.15) is 31.4 Å². The Bertz CT molecular complexity index is 538. The fourth-order valence-electron chi connectivity index (χ4n) is 1.94. The first-order chi connectivity index (χ1) is 9.70. The Morgan fingerprint density at radius 1 is 1.40 bits per heavy atom. The summed E-state index contributed by atoms with van der Waals surface area (Å²) in [7, 11) is 0. The minimum absolute atomic E-state index is 0.164. The van der Waals surface area contributed by atoms with E-state index in [0.717, 1.165) is 5.56 Å². The maximum Gasteiger partial charge on any atom is 0.305 e. The summed E-state index contributed by atoms with van der Waals surface area (Å²) >= 11 is 0. The van der Waals surface area contributed by atoms with Crippen molar-refractivity contribution in [2.45, 2.75) is 25.8 Å². The third-order valence-corrected chi connectivity index (χ3v) is 2.89. The van der Waals surface area contributed by atoms with E-state index in [9.17, 15) is 4.79 Å². The van der Waals surface area contributed by atoms with E-state index in [2.05, 4.69) is 15.4 Å². The first-order valence-electron chi connectivity index (χ1n) is 6.44. The van der Waals surface area contributed by atoms with Gasteiger partial charge in [0.05, 0.1) is 12.6 Å². The summed E-state index contributed by atoms with van der Waals surface area (Å²) in [5, 5.41) is 11.7. The second-order valence-electron chi connectivity index (χ2n) is 4.28. The van der Waals surface area contributed by atoms with Crippen molar-refractivity contribution in [3.8, 4) is 0 Å². The zero-order valence-corrected chi connectivity index (χ0v) is 11.3.